The fraction of sp³-hybridized carbons (Fsp3) is 0.333. The molecule has 0 saturated heterocycles. The summed E-state index contributed by atoms with van der Waals surface area (Å²) in [6.45, 7) is 7.96. The number of aryl methyl sites for hydroxylation is 1. The topological polar surface area (TPSA) is 58.6 Å². The summed E-state index contributed by atoms with van der Waals surface area (Å²) in [6, 6.07) is 21.0. The van der Waals surface area contributed by atoms with E-state index in [9.17, 15) is 9.59 Å². The molecule has 32 heavy (non-hydrogen) atoms. The van der Waals surface area contributed by atoms with Gasteiger partial charge in [0.1, 0.15) is 11.8 Å². The highest BCUT2D eigenvalue weighted by Gasteiger charge is 2.27. The maximum Gasteiger partial charge on any atom is 0.261 e. The molecule has 0 aliphatic heterocycles. The highest BCUT2D eigenvalue weighted by atomic mass is 16.5. The molecule has 3 aromatic rings. The van der Waals surface area contributed by atoms with E-state index in [2.05, 4.69) is 5.32 Å². The molecule has 1 N–H and O–H groups in total. The molecule has 168 valence electrons. The van der Waals surface area contributed by atoms with Crippen LogP contribution < -0.4 is 10.1 Å². The summed E-state index contributed by atoms with van der Waals surface area (Å²) in [4.78, 5) is 27.7. The van der Waals surface area contributed by atoms with Crippen molar-refractivity contribution in [1.29, 1.82) is 0 Å². The van der Waals surface area contributed by atoms with Crippen molar-refractivity contribution >= 4 is 22.6 Å². The zero-order chi connectivity index (χ0) is 23.1. The Balaban J connectivity index is 1.80. The number of rotatable bonds is 9. The number of fused-ring (bicyclic) bond motifs is 1. The van der Waals surface area contributed by atoms with E-state index in [1.165, 1.54) is 0 Å². The minimum absolute atomic E-state index is 0.0484. The lowest BCUT2D eigenvalue weighted by Crippen LogP contribution is -2.50. The lowest BCUT2D eigenvalue weighted by Gasteiger charge is -2.30. The van der Waals surface area contributed by atoms with Crippen molar-refractivity contribution in [1.82, 2.24) is 10.2 Å². The summed E-state index contributed by atoms with van der Waals surface area (Å²) in [5.41, 5.74) is 2.09. The minimum atomic E-state index is -0.618. The van der Waals surface area contributed by atoms with E-state index in [0.717, 1.165) is 28.3 Å². The van der Waals surface area contributed by atoms with Crippen LogP contribution >= 0.6 is 0 Å². The van der Waals surface area contributed by atoms with Crippen LogP contribution in [0, 0.1) is 6.92 Å². The maximum absolute atomic E-state index is 13.3. The zero-order valence-corrected chi connectivity index (χ0v) is 19.3. The molecule has 2 amide bonds. The fourth-order valence-electron chi connectivity index (χ4n) is 3.56. The summed E-state index contributed by atoms with van der Waals surface area (Å²) in [5, 5.41) is 5.00. The molecular formula is C27H32N2O3. The first-order valence-corrected chi connectivity index (χ1v) is 11.2. The molecule has 0 unspecified atom stereocenters. The molecule has 3 rings (SSSR count). The SMILES string of the molecule is CC[C@@H](C)NC(=O)[C@@H](C)N(Cc1ccccc1C)C(=O)COc1cccc2ccccc12. The predicted octanol–water partition coefficient (Wildman–Crippen LogP) is 4.86. The van der Waals surface area contributed by atoms with Crippen LogP contribution in [0.2, 0.25) is 0 Å². The Morgan fingerprint density at radius 2 is 1.66 bits per heavy atom. The molecule has 0 fully saturated rings. The third-order valence-electron chi connectivity index (χ3n) is 5.87. The predicted molar refractivity (Wildman–Crippen MR) is 129 cm³/mol. The number of ether oxygens (including phenoxy) is 1. The van der Waals surface area contributed by atoms with Gasteiger partial charge < -0.3 is 15.0 Å². The van der Waals surface area contributed by atoms with Gasteiger partial charge in [0.15, 0.2) is 6.61 Å². The van der Waals surface area contributed by atoms with Crippen LogP contribution in [0.3, 0.4) is 0 Å². The van der Waals surface area contributed by atoms with Gasteiger partial charge in [0.25, 0.3) is 5.91 Å². The molecule has 0 radical (unpaired) electrons. The second-order valence-corrected chi connectivity index (χ2v) is 8.21. The van der Waals surface area contributed by atoms with Crippen LogP contribution in [-0.4, -0.2) is 35.4 Å². The molecule has 0 aliphatic carbocycles. The normalized spacial score (nSPS) is 12.8. The number of nitrogens with one attached hydrogen (secondary N) is 1. The van der Waals surface area contributed by atoms with Gasteiger partial charge in [-0.3, -0.25) is 9.59 Å². The van der Waals surface area contributed by atoms with E-state index in [0.29, 0.717) is 12.3 Å². The van der Waals surface area contributed by atoms with E-state index in [1.807, 2.05) is 87.5 Å². The van der Waals surface area contributed by atoms with Crippen LogP contribution in [0.4, 0.5) is 0 Å². The number of hydrogen-bond donors (Lipinski definition) is 1. The summed E-state index contributed by atoms with van der Waals surface area (Å²) in [5.74, 6) is 0.267. The third-order valence-corrected chi connectivity index (χ3v) is 5.87. The van der Waals surface area contributed by atoms with E-state index in [-0.39, 0.29) is 24.5 Å². The Kier molecular flexibility index (Phi) is 7.87. The van der Waals surface area contributed by atoms with Gasteiger partial charge >= 0.3 is 0 Å². The van der Waals surface area contributed by atoms with E-state index >= 15 is 0 Å². The van der Waals surface area contributed by atoms with Crippen LogP contribution in [-0.2, 0) is 16.1 Å². The van der Waals surface area contributed by atoms with Crippen molar-refractivity contribution in [3.63, 3.8) is 0 Å². The molecule has 2 atom stereocenters. The Morgan fingerprint density at radius 1 is 0.969 bits per heavy atom. The monoisotopic (exact) mass is 432 g/mol. The summed E-state index contributed by atoms with van der Waals surface area (Å²) in [7, 11) is 0. The fourth-order valence-corrected chi connectivity index (χ4v) is 3.56. The molecule has 0 saturated carbocycles. The smallest absolute Gasteiger partial charge is 0.261 e. The summed E-state index contributed by atoms with van der Waals surface area (Å²) >= 11 is 0. The van der Waals surface area contributed by atoms with Crippen LogP contribution in [0.15, 0.2) is 66.7 Å². The molecule has 5 nitrogen and oxygen atoms in total. The maximum atomic E-state index is 13.3. The van der Waals surface area contributed by atoms with Crippen molar-refractivity contribution in [2.24, 2.45) is 0 Å². The van der Waals surface area contributed by atoms with Crippen LogP contribution in [0.25, 0.3) is 10.8 Å². The van der Waals surface area contributed by atoms with Crippen molar-refractivity contribution in [3.05, 3.63) is 77.9 Å². The third kappa shape index (κ3) is 5.67. The summed E-state index contributed by atoms with van der Waals surface area (Å²) < 4.78 is 5.94. The first-order chi connectivity index (χ1) is 15.4. The van der Waals surface area contributed by atoms with Gasteiger partial charge in [0.2, 0.25) is 5.91 Å². The molecule has 0 bridgehead atoms. The largest absolute Gasteiger partial charge is 0.483 e. The number of nitrogens with zero attached hydrogens (tertiary/aromatic N) is 1. The molecule has 5 heteroatoms. The quantitative estimate of drug-likeness (QED) is 0.525. The molecule has 0 aromatic heterocycles. The van der Waals surface area contributed by atoms with E-state index in [4.69, 9.17) is 4.74 Å². The zero-order valence-electron chi connectivity index (χ0n) is 19.3. The van der Waals surface area contributed by atoms with Gasteiger partial charge in [0.05, 0.1) is 0 Å². The van der Waals surface area contributed by atoms with Gasteiger partial charge in [-0.1, -0.05) is 67.6 Å². The highest BCUT2D eigenvalue weighted by molar-refractivity contribution is 5.90. The molecule has 0 heterocycles. The van der Waals surface area contributed by atoms with Crippen molar-refractivity contribution in [2.45, 2.75) is 52.7 Å². The standard InChI is InChI=1S/C27H32N2O3/c1-5-20(3)28-27(31)21(4)29(17-23-13-7-6-11-19(23)2)26(30)18-32-25-16-10-14-22-12-8-9-15-24(22)25/h6-16,20-21H,5,17-18H2,1-4H3,(H,28,31)/t20-,21-/m1/s1. The number of carbonyl (C=O) groups excluding carboxylic acids is 2. The van der Waals surface area contributed by atoms with E-state index in [1.54, 1.807) is 11.8 Å². The second-order valence-electron chi connectivity index (χ2n) is 8.21. The average Bonchev–Trinajstić information content (AvgIpc) is 2.81. The van der Waals surface area contributed by atoms with Crippen molar-refractivity contribution in [2.75, 3.05) is 6.61 Å². The molecule has 0 spiro atoms. The average molecular weight is 433 g/mol. The van der Waals surface area contributed by atoms with Gasteiger partial charge in [-0.15, -0.1) is 0 Å². The Hall–Kier alpha value is -3.34. The number of carbonyl (C=O) groups is 2. The first-order valence-electron chi connectivity index (χ1n) is 11.2. The first kappa shape index (κ1) is 23.3. The van der Waals surface area contributed by atoms with Gasteiger partial charge in [-0.25, -0.2) is 0 Å². The van der Waals surface area contributed by atoms with Crippen LogP contribution in [0.5, 0.6) is 5.75 Å². The van der Waals surface area contributed by atoms with Gasteiger partial charge in [0, 0.05) is 18.0 Å². The number of amides is 2. The molecular weight excluding hydrogens is 400 g/mol. The lowest BCUT2D eigenvalue weighted by atomic mass is 10.1. The number of hydrogen-bond acceptors (Lipinski definition) is 3. The van der Waals surface area contributed by atoms with E-state index < -0.39 is 6.04 Å². The Bertz CT molecular complexity index is 1070. The molecule has 0 aliphatic rings. The van der Waals surface area contributed by atoms with Crippen molar-refractivity contribution < 1.29 is 14.3 Å². The highest BCUT2D eigenvalue weighted by Crippen LogP contribution is 2.25. The van der Waals surface area contributed by atoms with Crippen molar-refractivity contribution in [3.8, 4) is 5.75 Å². The Labute approximate surface area is 190 Å². The second kappa shape index (κ2) is 10.8. The molecule has 3 aromatic carbocycles. The van der Waals surface area contributed by atoms with Gasteiger partial charge in [-0.2, -0.15) is 0 Å². The summed E-state index contributed by atoms with van der Waals surface area (Å²) in [6.07, 6.45) is 0.828. The van der Waals surface area contributed by atoms with Crippen LogP contribution in [0.1, 0.15) is 38.3 Å². The Morgan fingerprint density at radius 3 is 2.41 bits per heavy atom. The van der Waals surface area contributed by atoms with Gasteiger partial charge in [-0.05, 0) is 49.8 Å². The lowest BCUT2D eigenvalue weighted by molar-refractivity contribution is -0.142. The minimum Gasteiger partial charge on any atom is -0.483 e. The number of benzene rings is 3.